The van der Waals surface area contributed by atoms with Crippen LogP contribution in [0.4, 0.5) is 5.82 Å². The van der Waals surface area contributed by atoms with Crippen LogP contribution in [0.5, 0.6) is 0 Å². The Morgan fingerprint density at radius 3 is 2.29 bits per heavy atom. The van der Waals surface area contributed by atoms with Gasteiger partial charge in [0.2, 0.25) is 0 Å². The van der Waals surface area contributed by atoms with Crippen molar-refractivity contribution in [1.82, 2.24) is 9.97 Å². The summed E-state index contributed by atoms with van der Waals surface area (Å²) in [6.45, 7) is 8.31. The summed E-state index contributed by atoms with van der Waals surface area (Å²) >= 11 is 6.22. The number of aromatic nitrogens is 2. The zero-order chi connectivity index (χ0) is 12.8. The predicted molar refractivity (Wildman–Crippen MR) is 71.9 cm³/mol. The van der Waals surface area contributed by atoms with Crippen molar-refractivity contribution in [3.05, 3.63) is 16.5 Å². The molecule has 0 aliphatic heterocycles. The molecule has 0 atom stereocenters. The lowest BCUT2D eigenvalue weighted by Crippen LogP contribution is -2.25. The van der Waals surface area contributed by atoms with E-state index in [1.165, 1.54) is 12.8 Å². The van der Waals surface area contributed by atoms with Crippen molar-refractivity contribution in [1.29, 1.82) is 0 Å². The fraction of sp³-hybridized carbons (Fsp3) is 0.692. The molecule has 1 aliphatic carbocycles. The van der Waals surface area contributed by atoms with Gasteiger partial charge in [-0.25, -0.2) is 9.97 Å². The van der Waals surface area contributed by atoms with Gasteiger partial charge < -0.3 is 4.90 Å². The van der Waals surface area contributed by atoms with Gasteiger partial charge in [0, 0.05) is 24.1 Å². The quantitative estimate of drug-likeness (QED) is 0.757. The van der Waals surface area contributed by atoms with Crippen LogP contribution in [-0.2, 0) is 5.41 Å². The highest BCUT2D eigenvalue weighted by Crippen LogP contribution is 2.34. The Bertz CT molecular complexity index is 433. The smallest absolute Gasteiger partial charge is 0.137 e. The van der Waals surface area contributed by atoms with E-state index in [4.69, 9.17) is 16.6 Å². The molecule has 0 spiro atoms. The topological polar surface area (TPSA) is 29.0 Å². The minimum Gasteiger partial charge on any atom is -0.356 e. The fourth-order valence-electron chi connectivity index (χ4n) is 1.79. The first-order valence-corrected chi connectivity index (χ1v) is 6.46. The molecule has 1 aromatic rings. The lowest BCUT2D eigenvalue weighted by molar-refractivity contribution is 0.543. The molecular weight excluding hydrogens is 234 g/mol. The van der Waals surface area contributed by atoms with E-state index in [1.54, 1.807) is 0 Å². The highest BCUT2D eigenvalue weighted by Gasteiger charge is 2.30. The van der Waals surface area contributed by atoms with Crippen LogP contribution in [0.1, 0.15) is 45.0 Å². The summed E-state index contributed by atoms with van der Waals surface area (Å²) in [4.78, 5) is 11.3. The van der Waals surface area contributed by atoms with E-state index in [-0.39, 0.29) is 5.41 Å². The number of rotatable bonds is 2. The van der Waals surface area contributed by atoms with Crippen molar-refractivity contribution in [2.24, 2.45) is 0 Å². The molecule has 0 radical (unpaired) electrons. The van der Waals surface area contributed by atoms with Gasteiger partial charge in [0.15, 0.2) is 0 Å². The summed E-state index contributed by atoms with van der Waals surface area (Å²) < 4.78 is 0. The van der Waals surface area contributed by atoms with Gasteiger partial charge in [0.05, 0.1) is 0 Å². The van der Waals surface area contributed by atoms with Gasteiger partial charge in [0.25, 0.3) is 0 Å². The van der Waals surface area contributed by atoms with E-state index in [0.29, 0.717) is 11.2 Å². The molecule has 0 N–H and O–H groups in total. The molecule has 0 amide bonds. The fourth-order valence-corrected chi connectivity index (χ4v) is 1.96. The predicted octanol–water partition coefficient (Wildman–Crippen LogP) is 3.33. The van der Waals surface area contributed by atoms with Crippen molar-refractivity contribution in [3.8, 4) is 0 Å². The van der Waals surface area contributed by atoms with Gasteiger partial charge in [0.1, 0.15) is 16.8 Å². The maximum atomic E-state index is 6.22. The van der Waals surface area contributed by atoms with Crippen LogP contribution in [-0.4, -0.2) is 23.1 Å². The van der Waals surface area contributed by atoms with Gasteiger partial charge in [-0.05, 0) is 19.8 Å². The van der Waals surface area contributed by atoms with Crippen LogP contribution < -0.4 is 4.90 Å². The SMILES string of the molecule is Cc1c(Cl)nc(C(C)(C)C)nc1N(C)C1CC1. The zero-order valence-electron chi connectivity index (χ0n) is 11.2. The third-order valence-corrected chi connectivity index (χ3v) is 3.53. The van der Waals surface area contributed by atoms with Crippen molar-refractivity contribution in [2.75, 3.05) is 11.9 Å². The molecule has 0 bridgehead atoms. The van der Waals surface area contributed by atoms with E-state index in [0.717, 1.165) is 17.2 Å². The Labute approximate surface area is 108 Å². The van der Waals surface area contributed by atoms with Crippen LogP contribution >= 0.6 is 11.6 Å². The summed E-state index contributed by atoms with van der Waals surface area (Å²) in [5.41, 5.74) is 0.908. The second kappa shape index (κ2) is 4.13. The molecule has 4 heteroatoms. The summed E-state index contributed by atoms with van der Waals surface area (Å²) in [6.07, 6.45) is 2.50. The van der Waals surface area contributed by atoms with Gasteiger partial charge in [-0.15, -0.1) is 0 Å². The maximum absolute atomic E-state index is 6.22. The maximum Gasteiger partial charge on any atom is 0.137 e. The second-order valence-electron chi connectivity index (χ2n) is 5.88. The van der Waals surface area contributed by atoms with Crippen LogP contribution in [0.25, 0.3) is 0 Å². The highest BCUT2D eigenvalue weighted by molar-refractivity contribution is 6.30. The largest absolute Gasteiger partial charge is 0.356 e. The van der Waals surface area contributed by atoms with Crippen LogP contribution in [0.3, 0.4) is 0 Å². The minimum atomic E-state index is -0.0729. The molecule has 1 heterocycles. The number of nitrogens with zero attached hydrogens (tertiary/aromatic N) is 3. The third-order valence-electron chi connectivity index (χ3n) is 3.16. The summed E-state index contributed by atoms with van der Waals surface area (Å²) in [5.74, 6) is 1.80. The summed E-state index contributed by atoms with van der Waals surface area (Å²) in [6, 6.07) is 0.632. The Morgan fingerprint density at radius 1 is 1.24 bits per heavy atom. The molecule has 1 fully saturated rings. The van der Waals surface area contributed by atoms with E-state index in [1.807, 2.05) is 6.92 Å². The van der Waals surface area contributed by atoms with Crippen molar-refractivity contribution in [3.63, 3.8) is 0 Å². The molecule has 0 aromatic carbocycles. The molecule has 94 valence electrons. The van der Waals surface area contributed by atoms with Crippen LogP contribution in [0.2, 0.25) is 5.15 Å². The second-order valence-corrected chi connectivity index (χ2v) is 6.24. The molecule has 0 saturated heterocycles. The van der Waals surface area contributed by atoms with E-state index in [2.05, 4.69) is 37.7 Å². The lowest BCUT2D eigenvalue weighted by atomic mass is 9.95. The van der Waals surface area contributed by atoms with E-state index < -0.39 is 0 Å². The molecule has 1 aliphatic rings. The van der Waals surface area contributed by atoms with Crippen molar-refractivity contribution in [2.45, 2.75) is 52.0 Å². The normalized spacial score (nSPS) is 16.1. The zero-order valence-corrected chi connectivity index (χ0v) is 12.0. The van der Waals surface area contributed by atoms with Gasteiger partial charge in [-0.2, -0.15) is 0 Å². The molecule has 1 aromatic heterocycles. The van der Waals surface area contributed by atoms with Gasteiger partial charge in [-0.1, -0.05) is 32.4 Å². The third kappa shape index (κ3) is 2.54. The molecule has 17 heavy (non-hydrogen) atoms. The van der Waals surface area contributed by atoms with Crippen molar-refractivity contribution < 1.29 is 0 Å². The highest BCUT2D eigenvalue weighted by atomic mass is 35.5. The Hall–Kier alpha value is -0.830. The standard InChI is InChI=1S/C13H20ClN3/c1-8-10(14)15-12(13(2,3)4)16-11(8)17(5)9-6-7-9/h9H,6-7H2,1-5H3. The van der Waals surface area contributed by atoms with Gasteiger partial charge in [-0.3, -0.25) is 0 Å². The Kier molecular flexibility index (Phi) is 3.06. The number of halogens is 1. The average Bonchev–Trinajstić information content (AvgIpc) is 3.02. The first-order chi connectivity index (χ1) is 7.80. The monoisotopic (exact) mass is 253 g/mol. The van der Waals surface area contributed by atoms with Crippen LogP contribution in [0.15, 0.2) is 0 Å². The van der Waals surface area contributed by atoms with Crippen LogP contribution in [0, 0.1) is 6.92 Å². The van der Waals surface area contributed by atoms with E-state index in [9.17, 15) is 0 Å². The molecular formula is C13H20ClN3. The Morgan fingerprint density at radius 2 is 1.82 bits per heavy atom. The minimum absolute atomic E-state index is 0.0729. The van der Waals surface area contributed by atoms with Crippen molar-refractivity contribution >= 4 is 17.4 Å². The summed E-state index contributed by atoms with van der Waals surface area (Å²) in [5, 5.41) is 0.576. The first kappa shape index (κ1) is 12.6. The molecule has 3 nitrogen and oxygen atoms in total. The van der Waals surface area contributed by atoms with E-state index >= 15 is 0 Å². The number of hydrogen-bond acceptors (Lipinski definition) is 3. The average molecular weight is 254 g/mol. The number of hydrogen-bond donors (Lipinski definition) is 0. The summed E-state index contributed by atoms with van der Waals surface area (Å²) in [7, 11) is 2.09. The van der Waals surface area contributed by atoms with Gasteiger partial charge >= 0.3 is 0 Å². The number of anilines is 1. The molecule has 2 rings (SSSR count). The Balaban J connectivity index is 2.46. The lowest BCUT2D eigenvalue weighted by Gasteiger charge is -2.24. The molecule has 1 saturated carbocycles. The molecule has 0 unspecified atom stereocenters. The first-order valence-electron chi connectivity index (χ1n) is 6.08.